The third kappa shape index (κ3) is 5.04. The summed E-state index contributed by atoms with van der Waals surface area (Å²) in [7, 11) is 0. The predicted molar refractivity (Wildman–Crippen MR) is 64.5 cm³/mol. The van der Waals surface area contributed by atoms with Gasteiger partial charge in [-0.05, 0) is 19.4 Å². The average Bonchev–Trinajstić information content (AvgIpc) is 2.33. The molecule has 112 valence electrons. The van der Waals surface area contributed by atoms with Gasteiger partial charge in [-0.2, -0.15) is 13.2 Å². The van der Waals surface area contributed by atoms with Gasteiger partial charge in [0.05, 0.1) is 17.6 Å². The Balaban J connectivity index is 2.72. The Morgan fingerprint density at radius 3 is 2.60 bits per heavy atom. The van der Waals surface area contributed by atoms with E-state index in [4.69, 9.17) is 4.74 Å². The van der Waals surface area contributed by atoms with E-state index in [1.807, 2.05) is 0 Å². The molecule has 0 heterocycles. The summed E-state index contributed by atoms with van der Waals surface area (Å²) >= 11 is 0. The highest BCUT2D eigenvalue weighted by Gasteiger charge is 2.26. The zero-order valence-electron chi connectivity index (χ0n) is 10.7. The van der Waals surface area contributed by atoms with Crippen molar-refractivity contribution in [2.75, 3.05) is 6.61 Å². The number of ether oxygens (including phenoxy) is 1. The van der Waals surface area contributed by atoms with Crippen LogP contribution in [0.25, 0.3) is 0 Å². The van der Waals surface area contributed by atoms with Gasteiger partial charge in [0.1, 0.15) is 5.75 Å². The summed E-state index contributed by atoms with van der Waals surface area (Å²) in [6, 6.07) is 3.59. The monoisotopic (exact) mass is 293 g/mol. The first-order chi connectivity index (χ1) is 9.20. The summed E-state index contributed by atoms with van der Waals surface area (Å²) in [4.78, 5) is 9.99. The summed E-state index contributed by atoms with van der Waals surface area (Å²) in [5, 5.41) is 20.1. The Morgan fingerprint density at radius 2 is 2.10 bits per heavy atom. The van der Waals surface area contributed by atoms with E-state index < -0.39 is 23.6 Å². The van der Waals surface area contributed by atoms with Crippen molar-refractivity contribution in [3.63, 3.8) is 0 Å². The van der Waals surface area contributed by atoms with Crippen LogP contribution in [0.1, 0.15) is 31.4 Å². The quantitative estimate of drug-likeness (QED) is 0.496. The molecule has 5 nitrogen and oxygen atoms in total. The molecule has 20 heavy (non-hydrogen) atoms. The summed E-state index contributed by atoms with van der Waals surface area (Å²) in [6.07, 6.45) is -6.46. The first-order valence-corrected chi connectivity index (χ1v) is 5.86. The maximum Gasteiger partial charge on any atom is 0.389 e. The van der Waals surface area contributed by atoms with Gasteiger partial charge in [0.25, 0.3) is 5.69 Å². The molecule has 8 heteroatoms. The van der Waals surface area contributed by atoms with Gasteiger partial charge in [0, 0.05) is 24.1 Å². The lowest BCUT2D eigenvalue weighted by atomic mass is 10.1. The summed E-state index contributed by atoms with van der Waals surface area (Å²) < 4.78 is 41.0. The topological polar surface area (TPSA) is 72.6 Å². The number of aliphatic hydroxyl groups excluding tert-OH is 1. The van der Waals surface area contributed by atoms with Gasteiger partial charge in [-0.3, -0.25) is 10.1 Å². The first kappa shape index (κ1) is 16.2. The summed E-state index contributed by atoms with van der Waals surface area (Å²) in [6.45, 7) is 1.21. The molecule has 0 radical (unpaired) electrons. The average molecular weight is 293 g/mol. The van der Waals surface area contributed by atoms with Crippen LogP contribution in [0.15, 0.2) is 18.2 Å². The first-order valence-electron chi connectivity index (χ1n) is 5.86. The minimum atomic E-state index is -4.24. The maximum atomic E-state index is 12.0. The number of hydrogen-bond acceptors (Lipinski definition) is 4. The highest BCUT2D eigenvalue weighted by molar-refractivity contribution is 5.44. The van der Waals surface area contributed by atoms with Crippen LogP contribution in [0.3, 0.4) is 0 Å². The van der Waals surface area contributed by atoms with Gasteiger partial charge >= 0.3 is 6.18 Å². The molecule has 0 aliphatic rings. The number of aliphatic hydroxyl groups is 1. The van der Waals surface area contributed by atoms with E-state index >= 15 is 0 Å². The maximum absolute atomic E-state index is 12.0. The van der Waals surface area contributed by atoms with Gasteiger partial charge < -0.3 is 9.84 Å². The van der Waals surface area contributed by atoms with Crippen molar-refractivity contribution in [3.8, 4) is 5.75 Å². The van der Waals surface area contributed by atoms with Crippen LogP contribution in [-0.4, -0.2) is 22.8 Å². The van der Waals surface area contributed by atoms with Crippen LogP contribution in [-0.2, 0) is 0 Å². The molecule has 0 unspecified atom stereocenters. The van der Waals surface area contributed by atoms with Crippen molar-refractivity contribution >= 4 is 5.69 Å². The molecule has 0 amide bonds. The number of alkyl halides is 3. The fourth-order valence-corrected chi connectivity index (χ4v) is 1.56. The number of nitro groups is 1. The van der Waals surface area contributed by atoms with Crippen LogP contribution >= 0.6 is 0 Å². The van der Waals surface area contributed by atoms with E-state index in [1.165, 1.54) is 19.1 Å². The van der Waals surface area contributed by atoms with E-state index in [-0.39, 0.29) is 30.0 Å². The molecule has 1 atom stereocenters. The summed E-state index contributed by atoms with van der Waals surface area (Å²) in [5.74, 6) is 0.146. The largest absolute Gasteiger partial charge is 0.493 e. The molecule has 0 aliphatic heterocycles. The van der Waals surface area contributed by atoms with Gasteiger partial charge in [-0.25, -0.2) is 0 Å². The Labute approximate surface area is 113 Å². The van der Waals surface area contributed by atoms with Crippen molar-refractivity contribution in [1.29, 1.82) is 0 Å². The number of hydrogen-bond donors (Lipinski definition) is 1. The number of benzene rings is 1. The van der Waals surface area contributed by atoms with Crippen LogP contribution in [0.5, 0.6) is 5.75 Å². The highest BCUT2D eigenvalue weighted by atomic mass is 19.4. The van der Waals surface area contributed by atoms with E-state index in [1.54, 1.807) is 0 Å². The van der Waals surface area contributed by atoms with Crippen molar-refractivity contribution in [3.05, 3.63) is 33.9 Å². The molecule has 1 N–H and O–H groups in total. The second-order valence-electron chi connectivity index (χ2n) is 4.22. The van der Waals surface area contributed by atoms with Crippen LogP contribution in [0.2, 0.25) is 0 Å². The molecule has 0 bridgehead atoms. The third-order valence-electron chi connectivity index (χ3n) is 2.52. The molecular formula is C12H14F3NO4. The van der Waals surface area contributed by atoms with Crippen molar-refractivity contribution < 1.29 is 27.9 Å². The van der Waals surface area contributed by atoms with Gasteiger partial charge in [0.15, 0.2) is 0 Å². The summed E-state index contributed by atoms with van der Waals surface area (Å²) in [5.41, 5.74) is -0.0465. The lowest BCUT2D eigenvalue weighted by Crippen LogP contribution is -2.10. The lowest BCUT2D eigenvalue weighted by molar-refractivity contribution is -0.385. The molecule has 1 rings (SSSR count). The number of halogens is 3. The van der Waals surface area contributed by atoms with Crippen molar-refractivity contribution in [2.24, 2.45) is 0 Å². The SMILES string of the molecule is C[C@@H](O)c1cc([N+](=O)[O-])ccc1OCCCC(F)(F)F. The van der Waals surface area contributed by atoms with Gasteiger partial charge in [-0.1, -0.05) is 0 Å². The van der Waals surface area contributed by atoms with Gasteiger partial charge in [0.2, 0.25) is 0 Å². The molecule has 0 saturated carbocycles. The smallest absolute Gasteiger partial charge is 0.389 e. The van der Waals surface area contributed by atoms with Crippen LogP contribution in [0, 0.1) is 10.1 Å². The predicted octanol–water partition coefficient (Wildman–Crippen LogP) is 3.37. The number of nitro benzene ring substituents is 1. The molecule has 1 aromatic carbocycles. The molecule has 0 spiro atoms. The van der Waals surface area contributed by atoms with Crippen molar-refractivity contribution in [2.45, 2.75) is 32.0 Å². The molecule has 0 aromatic heterocycles. The second kappa shape index (κ2) is 6.56. The Bertz CT molecular complexity index is 474. The Hall–Kier alpha value is -1.83. The molecule has 1 aromatic rings. The zero-order valence-corrected chi connectivity index (χ0v) is 10.7. The highest BCUT2D eigenvalue weighted by Crippen LogP contribution is 2.30. The lowest BCUT2D eigenvalue weighted by Gasteiger charge is -2.13. The van der Waals surface area contributed by atoms with E-state index in [0.29, 0.717) is 0 Å². The third-order valence-corrected chi connectivity index (χ3v) is 2.52. The minimum absolute atomic E-state index is 0.146. The molecule has 0 saturated heterocycles. The fourth-order valence-electron chi connectivity index (χ4n) is 1.56. The number of non-ortho nitro benzene ring substituents is 1. The molecule has 0 fully saturated rings. The normalized spacial score (nSPS) is 13.1. The standard InChI is InChI=1S/C12H14F3NO4/c1-8(17)10-7-9(16(18)19)3-4-11(10)20-6-2-5-12(13,14)15/h3-4,7-8,17H,2,5-6H2,1H3/t8-/m1/s1. The van der Waals surface area contributed by atoms with E-state index in [2.05, 4.69) is 0 Å². The Morgan fingerprint density at radius 1 is 1.45 bits per heavy atom. The van der Waals surface area contributed by atoms with Gasteiger partial charge in [-0.15, -0.1) is 0 Å². The zero-order chi connectivity index (χ0) is 15.3. The van der Waals surface area contributed by atoms with Crippen molar-refractivity contribution in [1.82, 2.24) is 0 Å². The van der Waals surface area contributed by atoms with Crippen LogP contribution < -0.4 is 4.74 Å². The van der Waals surface area contributed by atoms with E-state index in [9.17, 15) is 28.4 Å². The second-order valence-corrected chi connectivity index (χ2v) is 4.22. The number of nitrogens with zero attached hydrogens (tertiary/aromatic N) is 1. The van der Waals surface area contributed by atoms with Crippen LogP contribution in [0.4, 0.5) is 18.9 Å². The molecular weight excluding hydrogens is 279 g/mol. The minimum Gasteiger partial charge on any atom is -0.493 e. The Kier molecular flexibility index (Phi) is 5.32. The fraction of sp³-hybridized carbons (Fsp3) is 0.500. The molecule has 0 aliphatic carbocycles. The van der Waals surface area contributed by atoms with E-state index in [0.717, 1.165) is 6.07 Å². The number of rotatable bonds is 6.